The van der Waals surface area contributed by atoms with Crippen molar-refractivity contribution in [3.63, 3.8) is 0 Å². The summed E-state index contributed by atoms with van der Waals surface area (Å²) in [6, 6.07) is 1.12. The van der Waals surface area contributed by atoms with E-state index in [4.69, 9.17) is 10.3 Å². The fraction of sp³-hybridized carbons (Fsp3) is 0.273. The molecule has 2 N–H and O–H groups in total. The quantitative estimate of drug-likeness (QED) is 0.910. The van der Waals surface area contributed by atoms with Crippen LogP contribution in [0.25, 0.3) is 11.5 Å². The average molecular weight is 257 g/mol. The van der Waals surface area contributed by atoms with Gasteiger partial charge in [0.1, 0.15) is 23.0 Å². The smallest absolute Gasteiger partial charge is 0.263 e. The van der Waals surface area contributed by atoms with Crippen LogP contribution in [0.4, 0.5) is 13.2 Å². The molecule has 4 nitrogen and oxygen atoms in total. The van der Waals surface area contributed by atoms with Crippen molar-refractivity contribution in [3.05, 3.63) is 35.4 Å². The Bertz CT molecular complexity index is 533. The van der Waals surface area contributed by atoms with Gasteiger partial charge in [-0.2, -0.15) is 4.98 Å². The Balaban J connectivity index is 2.34. The molecule has 0 saturated carbocycles. The normalized spacial score (nSPS) is 10.9. The van der Waals surface area contributed by atoms with Gasteiger partial charge in [0.15, 0.2) is 5.82 Å². The highest BCUT2D eigenvalue weighted by molar-refractivity contribution is 5.54. The van der Waals surface area contributed by atoms with Crippen LogP contribution in [0, 0.1) is 17.5 Å². The second-order valence-corrected chi connectivity index (χ2v) is 3.65. The molecule has 0 aliphatic rings. The van der Waals surface area contributed by atoms with E-state index in [1.807, 2.05) is 0 Å². The molecule has 18 heavy (non-hydrogen) atoms. The zero-order valence-corrected chi connectivity index (χ0v) is 9.29. The zero-order chi connectivity index (χ0) is 13.1. The van der Waals surface area contributed by atoms with Crippen molar-refractivity contribution < 1.29 is 17.7 Å². The van der Waals surface area contributed by atoms with Crippen molar-refractivity contribution in [1.82, 2.24) is 10.1 Å². The fourth-order valence-electron chi connectivity index (χ4n) is 1.46. The molecular formula is C11H10F3N3O. The van der Waals surface area contributed by atoms with Crippen molar-refractivity contribution in [2.24, 2.45) is 5.73 Å². The molecule has 0 atom stereocenters. The fourth-order valence-corrected chi connectivity index (χ4v) is 1.46. The number of hydrogen-bond acceptors (Lipinski definition) is 4. The molecule has 0 saturated heterocycles. The number of nitrogens with zero attached hydrogens (tertiary/aromatic N) is 2. The molecule has 0 radical (unpaired) electrons. The van der Waals surface area contributed by atoms with Crippen LogP contribution >= 0.6 is 0 Å². The van der Waals surface area contributed by atoms with Crippen LogP contribution in [0.5, 0.6) is 0 Å². The first-order valence-electron chi connectivity index (χ1n) is 5.29. The SMILES string of the molecule is NCCCc1noc(-c2c(F)cc(F)cc2F)n1. The third-order valence-corrected chi connectivity index (χ3v) is 2.29. The van der Waals surface area contributed by atoms with Crippen LogP contribution in [-0.4, -0.2) is 16.7 Å². The summed E-state index contributed by atoms with van der Waals surface area (Å²) in [6.45, 7) is 0.448. The molecule has 0 spiro atoms. The lowest BCUT2D eigenvalue weighted by atomic mass is 10.2. The summed E-state index contributed by atoms with van der Waals surface area (Å²) in [5, 5.41) is 3.57. The van der Waals surface area contributed by atoms with Gasteiger partial charge in [0.05, 0.1) is 0 Å². The summed E-state index contributed by atoms with van der Waals surface area (Å²) >= 11 is 0. The van der Waals surface area contributed by atoms with Crippen LogP contribution in [0.2, 0.25) is 0 Å². The Labute approximate surface area is 101 Å². The molecule has 2 aromatic rings. The second-order valence-electron chi connectivity index (χ2n) is 3.65. The molecule has 0 amide bonds. The third-order valence-electron chi connectivity index (χ3n) is 2.29. The number of halogens is 3. The predicted molar refractivity (Wildman–Crippen MR) is 57.0 cm³/mol. The molecule has 1 heterocycles. The van der Waals surface area contributed by atoms with E-state index in [0.29, 0.717) is 37.3 Å². The molecule has 0 unspecified atom stereocenters. The maximum Gasteiger partial charge on any atom is 0.263 e. The van der Waals surface area contributed by atoms with Crippen molar-refractivity contribution in [2.45, 2.75) is 12.8 Å². The van der Waals surface area contributed by atoms with Crippen LogP contribution in [0.1, 0.15) is 12.2 Å². The highest BCUT2D eigenvalue weighted by atomic mass is 19.1. The van der Waals surface area contributed by atoms with Crippen molar-refractivity contribution >= 4 is 0 Å². The van der Waals surface area contributed by atoms with E-state index < -0.39 is 23.0 Å². The van der Waals surface area contributed by atoms with Gasteiger partial charge in [0.25, 0.3) is 5.89 Å². The molecular weight excluding hydrogens is 247 g/mol. The standard InChI is InChI=1S/C11H10F3N3O/c12-6-4-7(13)10(8(14)5-6)11-16-9(17-18-11)2-1-3-15/h4-5H,1-3,15H2. The lowest BCUT2D eigenvalue weighted by Crippen LogP contribution is -2.01. The molecule has 1 aromatic heterocycles. The van der Waals surface area contributed by atoms with Gasteiger partial charge >= 0.3 is 0 Å². The van der Waals surface area contributed by atoms with E-state index in [0.717, 1.165) is 0 Å². The Hall–Kier alpha value is -1.89. The summed E-state index contributed by atoms with van der Waals surface area (Å²) in [5.74, 6) is -3.17. The summed E-state index contributed by atoms with van der Waals surface area (Å²) in [7, 11) is 0. The number of nitrogens with two attached hydrogens (primary N) is 1. The molecule has 0 fully saturated rings. The van der Waals surface area contributed by atoms with E-state index in [1.165, 1.54) is 0 Å². The Morgan fingerprint density at radius 2 is 1.83 bits per heavy atom. The summed E-state index contributed by atoms with van der Waals surface area (Å²) < 4.78 is 44.3. The Morgan fingerprint density at radius 1 is 1.17 bits per heavy atom. The van der Waals surface area contributed by atoms with E-state index in [-0.39, 0.29) is 5.89 Å². The maximum atomic E-state index is 13.4. The van der Waals surface area contributed by atoms with Gasteiger partial charge in [0.2, 0.25) is 0 Å². The highest BCUT2D eigenvalue weighted by Gasteiger charge is 2.19. The van der Waals surface area contributed by atoms with Crippen LogP contribution < -0.4 is 5.73 Å². The topological polar surface area (TPSA) is 64.9 Å². The number of rotatable bonds is 4. The van der Waals surface area contributed by atoms with Gasteiger partial charge in [-0.15, -0.1) is 0 Å². The monoisotopic (exact) mass is 257 g/mol. The molecule has 96 valence electrons. The van der Waals surface area contributed by atoms with E-state index >= 15 is 0 Å². The molecule has 0 bridgehead atoms. The van der Waals surface area contributed by atoms with Crippen molar-refractivity contribution in [2.75, 3.05) is 6.54 Å². The van der Waals surface area contributed by atoms with E-state index in [2.05, 4.69) is 10.1 Å². The van der Waals surface area contributed by atoms with Gasteiger partial charge in [-0.3, -0.25) is 0 Å². The minimum absolute atomic E-state index is 0.304. The molecule has 2 rings (SSSR count). The first-order chi connectivity index (χ1) is 8.61. The van der Waals surface area contributed by atoms with Gasteiger partial charge in [-0.05, 0) is 13.0 Å². The van der Waals surface area contributed by atoms with Crippen molar-refractivity contribution in [3.8, 4) is 11.5 Å². The average Bonchev–Trinajstić information content (AvgIpc) is 2.73. The lowest BCUT2D eigenvalue weighted by molar-refractivity contribution is 0.416. The van der Waals surface area contributed by atoms with Gasteiger partial charge < -0.3 is 10.3 Å². The lowest BCUT2D eigenvalue weighted by Gasteiger charge is -1.99. The minimum atomic E-state index is -1.08. The maximum absolute atomic E-state index is 13.4. The summed E-state index contributed by atoms with van der Waals surface area (Å²) in [5.41, 5.74) is 4.79. The van der Waals surface area contributed by atoms with Gasteiger partial charge in [-0.25, -0.2) is 13.2 Å². The van der Waals surface area contributed by atoms with Crippen molar-refractivity contribution in [1.29, 1.82) is 0 Å². The second kappa shape index (κ2) is 5.18. The molecule has 0 aliphatic heterocycles. The van der Waals surface area contributed by atoms with E-state index in [1.54, 1.807) is 0 Å². The number of hydrogen-bond donors (Lipinski definition) is 1. The van der Waals surface area contributed by atoms with Crippen LogP contribution in [0.15, 0.2) is 16.7 Å². The minimum Gasteiger partial charge on any atom is -0.334 e. The number of aryl methyl sites for hydroxylation is 1. The van der Waals surface area contributed by atoms with Gasteiger partial charge in [-0.1, -0.05) is 5.16 Å². The predicted octanol–water partition coefficient (Wildman–Crippen LogP) is 2.05. The summed E-state index contributed by atoms with van der Waals surface area (Å²) in [4.78, 5) is 3.83. The first kappa shape index (κ1) is 12.6. The molecule has 0 aliphatic carbocycles. The summed E-state index contributed by atoms with van der Waals surface area (Å²) in [6.07, 6.45) is 1.08. The van der Waals surface area contributed by atoms with Crippen LogP contribution in [-0.2, 0) is 6.42 Å². The Morgan fingerprint density at radius 3 is 2.44 bits per heavy atom. The first-order valence-corrected chi connectivity index (χ1v) is 5.29. The largest absolute Gasteiger partial charge is 0.334 e. The third kappa shape index (κ3) is 2.51. The zero-order valence-electron chi connectivity index (χ0n) is 9.29. The molecule has 7 heteroatoms. The van der Waals surface area contributed by atoms with Crippen LogP contribution in [0.3, 0.4) is 0 Å². The van der Waals surface area contributed by atoms with E-state index in [9.17, 15) is 13.2 Å². The molecule has 1 aromatic carbocycles. The number of aromatic nitrogens is 2. The van der Waals surface area contributed by atoms with Gasteiger partial charge in [0, 0.05) is 18.6 Å². The number of benzene rings is 1. The highest BCUT2D eigenvalue weighted by Crippen LogP contribution is 2.25. The Kier molecular flexibility index (Phi) is 3.61.